The minimum atomic E-state index is -0.322. The lowest BCUT2D eigenvalue weighted by molar-refractivity contribution is -0.174. The molecular weight excluding hydrogens is 378 g/mol. The monoisotopic (exact) mass is 407 g/mol. The molecule has 10 heteroatoms. The number of amides is 3. The van der Waals surface area contributed by atoms with Crippen LogP contribution in [0.4, 0.5) is 10.6 Å². The molecule has 160 valence electrons. The molecule has 1 atom stereocenters. The van der Waals surface area contributed by atoms with Crippen LogP contribution >= 0.6 is 0 Å². The summed E-state index contributed by atoms with van der Waals surface area (Å²) in [6, 6.07) is 1.51. The van der Waals surface area contributed by atoms with Gasteiger partial charge in [0.1, 0.15) is 6.54 Å². The summed E-state index contributed by atoms with van der Waals surface area (Å²) in [6.45, 7) is 6.87. The van der Waals surface area contributed by atoms with E-state index in [0.717, 1.165) is 12.8 Å². The topological polar surface area (TPSA) is 98.2 Å². The van der Waals surface area contributed by atoms with E-state index in [2.05, 4.69) is 10.4 Å². The maximum absolute atomic E-state index is 12.8. The molecular formula is C19H29N5O5. The van der Waals surface area contributed by atoms with E-state index in [1.54, 1.807) is 26.7 Å². The molecule has 3 aliphatic heterocycles. The minimum absolute atomic E-state index is 0.00209. The number of nitrogens with one attached hydrogen (secondary N) is 1. The van der Waals surface area contributed by atoms with Crippen LogP contribution in [0.15, 0.2) is 12.3 Å². The molecule has 3 saturated heterocycles. The van der Waals surface area contributed by atoms with Crippen molar-refractivity contribution < 1.29 is 23.8 Å². The summed E-state index contributed by atoms with van der Waals surface area (Å²) in [4.78, 5) is 28.7. The lowest BCUT2D eigenvalue weighted by Gasteiger charge is -2.47. The largest absolute Gasteiger partial charge is 0.381 e. The number of rotatable bonds is 3. The van der Waals surface area contributed by atoms with Crippen LogP contribution in [0.3, 0.4) is 0 Å². The van der Waals surface area contributed by atoms with Crippen molar-refractivity contribution >= 4 is 17.8 Å². The number of carbonyl (C=O) groups excluding carboxylic acids is 2. The van der Waals surface area contributed by atoms with Crippen LogP contribution in [0.2, 0.25) is 0 Å². The fourth-order valence-corrected chi connectivity index (χ4v) is 4.15. The smallest absolute Gasteiger partial charge is 0.323 e. The van der Waals surface area contributed by atoms with Gasteiger partial charge in [-0.25, -0.2) is 4.79 Å². The third-order valence-corrected chi connectivity index (χ3v) is 5.64. The van der Waals surface area contributed by atoms with Crippen molar-refractivity contribution in [3.63, 3.8) is 0 Å². The maximum Gasteiger partial charge on any atom is 0.323 e. The highest BCUT2D eigenvalue weighted by Crippen LogP contribution is 2.31. The second kappa shape index (κ2) is 8.68. The van der Waals surface area contributed by atoms with Gasteiger partial charge in [-0.3, -0.25) is 14.8 Å². The molecule has 0 bridgehead atoms. The van der Waals surface area contributed by atoms with Crippen molar-refractivity contribution in [2.75, 3.05) is 57.9 Å². The predicted molar refractivity (Wildman–Crippen MR) is 104 cm³/mol. The molecule has 10 nitrogen and oxygen atoms in total. The van der Waals surface area contributed by atoms with Crippen LogP contribution in [-0.4, -0.2) is 95.8 Å². The molecule has 0 radical (unpaired) electrons. The van der Waals surface area contributed by atoms with E-state index in [4.69, 9.17) is 14.2 Å². The van der Waals surface area contributed by atoms with E-state index in [9.17, 15) is 9.59 Å². The zero-order valence-electron chi connectivity index (χ0n) is 16.8. The first-order chi connectivity index (χ1) is 14.0. The van der Waals surface area contributed by atoms with Crippen LogP contribution in [0, 0.1) is 0 Å². The molecule has 3 aliphatic rings. The van der Waals surface area contributed by atoms with Crippen molar-refractivity contribution in [3.8, 4) is 0 Å². The Labute approximate surface area is 170 Å². The van der Waals surface area contributed by atoms with E-state index < -0.39 is 0 Å². The van der Waals surface area contributed by atoms with E-state index in [-0.39, 0.29) is 30.2 Å². The van der Waals surface area contributed by atoms with Crippen LogP contribution in [0.25, 0.3) is 0 Å². The van der Waals surface area contributed by atoms with E-state index in [1.807, 2.05) is 6.92 Å². The molecule has 4 rings (SSSR count). The Balaban J connectivity index is 1.33. The average Bonchev–Trinajstić information content (AvgIpc) is 3.15. The van der Waals surface area contributed by atoms with Crippen molar-refractivity contribution in [3.05, 3.63) is 12.3 Å². The molecule has 0 aromatic carbocycles. The number of morpholine rings is 2. The summed E-state index contributed by atoms with van der Waals surface area (Å²) >= 11 is 0. The van der Waals surface area contributed by atoms with Gasteiger partial charge in [0.05, 0.1) is 31.5 Å². The zero-order valence-corrected chi connectivity index (χ0v) is 16.8. The number of carbonyl (C=O) groups is 2. The van der Waals surface area contributed by atoms with Crippen LogP contribution < -0.4 is 5.32 Å². The Hall–Kier alpha value is -2.17. The second-order valence-electron chi connectivity index (χ2n) is 7.93. The van der Waals surface area contributed by atoms with Crippen LogP contribution in [0.1, 0.15) is 19.8 Å². The number of hydrogen-bond acceptors (Lipinski definition) is 6. The highest BCUT2D eigenvalue weighted by molar-refractivity contribution is 5.88. The van der Waals surface area contributed by atoms with E-state index in [1.165, 1.54) is 0 Å². The van der Waals surface area contributed by atoms with Gasteiger partial charge < -0.3 is 24.0 Å². The van der Waals surface area contributed by atoms with Gasteiger partial charge in [-0.2, -0.15) is 5.10 Å². The summed E-state index contributed by atoms with van der Waals surface area (Å²) in [5, 5.41) is 7.18. The lowest BCUT2D eigenvalue weighted by atomic mass is 9.91. The molecule has 1 unspecified atom stereocenters. The van der Waals surface area contributed by atoms with Crippen molar-refractivity contribution in [2.24, 2.45) is 0 Å². The first-order valence-corrected chi connectivity index (χ1v) is 10.2. The fraction of sp³-hybridized carbons (Fsp3) is 0.737. The normalized spacial score (nSPS) is 24.5. The molecule has 1 aromatic rings. The number of hydrogen-bond donors (Lipinski definition) is 1. The Morgan fingerprint density at radius 2 is 1.90 bits per heavy atom. The van der Waals surface area contributed by atoms with Crippen LogP contribution in [-0.2, 0) is 25.5 Å². The zero-order chi connectivity index (χ0) is 20.3. The predicted octanol–water partition coefficient (Wildman–Crippen LogP) is 0.544. The Kier molecular flexibility index (Phi) is 6.02. The lowest BCUT2D eigenvalue weighted by Crippen LogP contribution is -2.59. The SMILES string of the molecule is CC1CN(C(=O)Nc2ccn(CC(=O)N3CCOCC3)n2)CC2(CCOCC2)O1. The first-order valence-electron chi connectivity index (χ1n) is 10.2. The third-order valence-electron chi connectivity index (χ3n) is 5.64. The standard InChI is InChI=1S/C19H29N5O5/c1-15-12-23(14-19(29-15)3-8-27-9-4-19)18(26)20-16-2-5-24(21-16)13-17(25)22-6-10-28-11-7-22/h2,5,15H,3-4,6-14H2,1H3,(H,20,21,26). The van der Waals surface area contributed by atoms with Crippen molar-refractivity contribution in [1.82, 2.24) is 19.6 Å². The maximum atomic E-state index is 12.8. The summed E-state index contributed by atoms with van der Waals surface area (Å²) < 4.78 is 18.5. The number of ether oxygens (including phenoxy) is 3. The van der Waals surface area contributed by atoms with Crippen molar-refractivity contribution in [2.45, 2.75) is 38.0 Å². The molecule has 1 spiro atoms. The molecule has 3 amide bonds. The molecule has 1 aromatic heterocycles. The quantitative estimate of drug-likeness (QED) is 0.786. The summed E-state index contributed by atoms with van der Waals surface area (Å²) in [7, 11) is 0. The fourth-order valence-electron chi connectivity index (χ4n) is 4.15. The van der Waals surface area contributed by atoms with Gasteiger partial charge in [0, 0.05) is 58.0 Å². The van der Waals surface area contributed by atoms with Gasteiger partial charge in [-0.1, -0.05) is 0 Å². The molecule has 0 aliphatic carbocycles. The third kappa shape index (κ3) is 4.88. The van der Waals surface area contributed by atoms with Gasteiger partial charge >= 0.3 is 6.03 Å². The number of aromatic nitrogens is 2. The minimum Gasteiger partial charge on any atom is -0.381 e. The van der Waals surface area contributed by atoms with Crippen LogP contribution in [0.5, 0.6) is 0 Å². The molecule has 3 fully saturated rings. The highest BCUT2D eigenvalue weighted by atomic mass is 16.5. The van der Waals surface area contributed by atoms with E-state index in [0.29, 0.717) is 58.4 Å². The molecule has 4 heterocycles. The van der Waals surface area contributed by atoms with Crippen molar-refractivity contribution in [1.29, 1.82) is 0 Å². The highest BCUT2D eigenvalue weighted by Gasteiger charge is 2.42. The Bertz CT molecular complexity index is 726. The number of anilines is 1. The average molecular weight is 407 g/mol. The molecule has 29 heavy (non-hydrogen) atoms. The summed E-state index contributed by atoms with van der Waals surface area (Å²) in [5.41, 5.74) is -0.322. The summed E-state index contributed by atoms with van der Waals surface area (Å²) in [6.07, 6.45) is 3.26. The van der Waals surface area contributed by atoms with E-state index >= 15 is 0 Å². The van der Waals surface area contributed by atoms with Gasteiger partial charge in [-0.05, 0) is 6.92 Å². The van der Waals surface area contributed by atoms with Gasteiger partial charge in [-0.15, -0.1) is 0 Å². The first kappa shape index (κ1) is 20.1. The number of nitrogens with zero attached hydrogens (tertiary/aromatic N) is 4. The Morgan fingerprint density at radius 1 is 1.17 bits per heavy atom. The second-order valence-corrected chi connectivity index (χ2v) is 7.93. The van der Waals surface area contributed by atoms with Gasteiger partial charge in [0.2, 0.25) is 5.91 Å². The summed E-state index contributed by atoms with van der Waals surface area (Å²) in [5.74, 6) is 0.433. The molecule has 1 N–H and O–H groups in total. The van der Waals surface area contributed by atoms with Gasteiger partial charge in [0.25, 0.3) is 0 Å². The van der Waals surface area contributed by atoms with Gasteiger partial charge in [0.15, 0.2) is 5.82 Å². The molecule has 0 saturated carbocycles. The Morgan fingerprint density at radius 3 is 2.66 bits per heavy atom. The number of urea groups is 1.